The van der Waals surface area contributed by atoms with Gasteiger partial charge in [0.1, 0.15) is 17.3 Å². The van der Waals surface area contributed by atoms with Crippen LogP contribution in [0.15, 0.2) is 164 Å². The second-order valence-electron chi connectivity index (χ2n) is 25.5. The van der Waals surface area contributed by atoms with E-state index in [1.807, 2.05) is 51.1 Å². The van der Waals surface area contributed by atoms with Crippen molar-refractivity contribution < 1.29 is 12.0 Å². The molecule has 0 atom stereocenters. The van der Waals surface area contributed by atoms with E-state index in [4.69, 9.17) is 12.5 Å². The van der Waals surface area contributed by atoms with E-state index in [0.717, 1.165) is 55.3 Å². The van der Waals surface area contributed by atoms with Gasteiger partial charge in [-0.25, -0.2) is 4.98 Å². The first kappa shape index (κ1) is 47.7. The Bertz CT molecular complexity index is 3700. The molecule has 0 saturated heterocycles. The average molecular weight is 977 g/mol. The molecule has 0 saturated carbocycles. The monoisotopic (exact) mass is 977 g/mol. The van der Waals surface area contributed by atoms with Crippen LogP contribution in [0.2, 0.25) is 0 Å². The first-order valence-corrected chi connectivity index (χ1v) is 26.3. The summed E-state index contributed by atoms with van der Waals surface area (Å²) in [6.45, 7) is 33.5. The fraction of sp³-hybridized carbons (Fsp3) is 0.304. The molecule has 376 valence electrons. The number of aromatic nitrogens is 4. The lowest BCUT2D eigenvalue weighted by Crippen LogP contribution is -2.31. The molecule has 74 heavy (non-hydrogen) atoms. The van der Waals surface area contributed by atoms with Crippen LogP contribution in [0.4, 0.5) is 0 Å². The Morgan fingerprint density at radius 2 is 1.03 bits per heavy atom. The molecule has 10 rings (SSSR count). The van der Waals surface area contributed by atoms with E-state index in [9.17, 15) is 0 Å². The van der Waals surface area contributed by atoms with Gasteiger partial charge in [0.25, 0.3) is 6.33 Å². The maximum absolute atomic E-state index is 9.09. The molecule has 0 spiro atoms. The molecule has 10 aromatic rings. The minimum atomic E-state index is -1.58. The fourth-order valence-electron chi connectivity index (χ4n) is 10.1. The van der Waals surface area contributed by atoms with Gasteiger partial charge in [-0.3, -0.25) is 13.7 Å². The standard InChI is InChI=1S/C69H74N4O/c1-65(2,3)43-45-32-33-70-63(34-45)73-59-27-17-16-24-57(59)58-31-30-54(42-62(58)73)74-53-23-20-22-52(41-53)71-44-72(61-29-19-18-28-60(61)71)64-55(46-35-48(66(4,5)6)39-49(36-46)67(7,8)9)25-21-26-56(64)47-37-50(68(10,11)12)40-51(38-47)69(13,14)15/h16-42H,43H2,1-15H3/i43D2. The molecule has 0 fully saturated rings. The molecule has 0 aliphatic rings. The topological polar surface area (TPSA) is 35.9 Å². The van der Waals surface area contributed by atoms with Crippen LogP contribution in [0, 0.1) is 11.7 Å². The van der Waals surface area contributed by atoms with Crippen molar-refractivity contribution in [2.75, 3.05) is 0 Å². The van der Waals surface area contributed by atoms with E-state index in [2.05, 4.69) is 224 Å². The molecular formula is C69H74N4O. The molecule has 0 radical (unpaired) electrons. The van der Waals surface area contributed by atoms with Crippen LogP contribution >= 0.6 is 0 Å². The van der Waals surface area contributed by atoms with Crippen LogP contribution in [0.5, 0.6) is 11.5 Å². The van der Waals surface area contributed by atoms with Gasteiger partial charge in [-0.1, -0.05) is 207 Å². The number of imidazole rings is 1. The lowest BCUT2D eigenvalue weighted by atomic mass is 9.77. The molecular weight excluding hydrogens is 901 g/mol. The zero-order chi connectivity index (χ0) is 54.5. The summed E-state index contributed by atoms with van der Waals surface area (Å²) in [7, 11) is 0. The number of ether oxygens (including phenoxy) is 1. The molecule has 0 N–H and O–H groups in total. The Balaban J connectivity index is 1.14. The van der Waals surface area contributed by atoms with Crippen LogP contribution in [0.25, 0.3) is 72.3 Å². The molecule has 0 aliphatic heterocycles. The van der Waals surface area contributed by atoms with E-state index in [1.165, 1.54) is 33.4 Å². The van der Waals surface area contributed by atoms with Gasteiger partial charge in [0.05, 0.1) is 33.4 Å². The van der Waals surface area contributed by atoms with Crippen LogP contribution in [0.3, 0.4) is 0 Å². The van der Waals surface area contributed by atoms with Crippen molar-refractivity contribution in [2.45, 2.75) is 132 Å². The van der Waals surface area contributed by atoms with Crippen molar-refractivity contribution in [2.24, 2.45) is 5.41 Å². The van der Waals surface area contributed by atoms with Gasteiger partial charge in [0, 0.05) is 25.8 Å². The first-order chi connectivity index (χ1) is 35.6. The van der Waals surface area contributed by atoms with Crippen LogP contribution < -0.4 is 9.30 Å². The lowest BCUT2D eigenvalue weighted by Gasteiger charge is -2.28. The highest BCUT2D eigenvalue weighted by molar-refractivity contribution is 6.09. The van der Waals surface area contributed by atoms with Crippen molar-refractivity contribution in [1.82, 2.24) is 14.1 Å². The Kier molecular flexibility index (Phi) is 11.8. The van der Waals surface area contributed by atoms with Crippen LogP contribution in [-0.2, 0) is 28.0 Å². The molecule has 5 heteroatoms. The minimum Gasteiger partial charge on any atom is -0.458 e. The Labute approximate surface area is 443 Å². The summed E-state index contributed by atoms with van der Waals surface area (Å²) in [5.74, 6) is 2.00. The van der Waals surface area contributed by atoms with Crippen molar-refractivity contribution >= 4 is 32.8 Å². The number of nitrogens with zero attached hydrogens (tertiary/aromatic N) is 4. The second kappa shape index (κ2) is 18.3. The number of fused-ring (bicyclic) bond motifs is 4. The second-order valence-corrected chi connectivity index (χ2v) is 25.5. The van der Waals surface area contributed by atoms with Crippen LogP contribution in [-0.4, -0.2) is 14.1 Å². The molecule has 0 aliphatic carbocycles. The van der Waals surface area contributed by atoms with E-state index < -0.39 is 11.8 Å². The number of rotatable bonds is 8. The molecule has 7 aromatic carbocycles. The van der Waals surface area contributed by atoms with Gasteiger partial charge < -0.3 is 4.74 Å². The third kappa shape index (κ3) is 9.94. The van der Waals surface area contributed by atoms with Crippen LogP contribution in [0.1, 0.15) is 134 Å². The predicted molar refractivity (Wildman–Crippen MR) is 311 cm³/mol. The lowest BCUT2D eigenvalue weighted by molar-refractivity contribution is -0.571. The molecule has 5 nitrogen and oxygen atoms in total. The summed E-state index contributed by atoms with van der Waals surface area (Å²) < 4.78 is 31.6. The van der Waals surface area contributed by atoms with Gasteiger partial charge in [-0.2, -0.15) is 0 Å². The van der Waals surface area contributed by atoms with E-state index in [0.29, 0.717) is 22.9 Å². The molecule has 0 unspecified atom stereocenters. The van der Waals surface area contributed by atoms with Crippen molar-refractivity contribution in [3.8, 4) is 50.9 Å². The average Bonchev–Trinajstić information content (AvgIpc) is 3.91. The van der Waals surface area contributed by atoms with Gasteiger partial charge in [0.15, 0.2) is 0 Å². The van der Waals surface area contributed by atoms with Crippen molar-refractivity contribution in [3.63, 3.8) is 0 Å². The highest BCUT2D eigenvalue weighted by Crippen LogP contribution is 2.42. The SMILES string of the molecule is [2H]C([2H])(c1ccnc(-n2c3ccccc3c3ccc(Oc4cccc(-n5[c-][n+](-c6c(-c7cc(C(C)(C)C)cc(C(C)(C)C)c7)cccc6-c6cc(C(C)(C)C)cc(C(C)(C)C)c6)c6ccccc65)c4)cc32)c1)C(C)(C)C. The maximum atomic E-state index is 9.09. The van der Waals surface area contributed by atoms with Gasteiger partial charge >= 0.3 is 0 Å². The van der Waals surface area contributed by atoms with Crippen molar-refractivity contribution in [1.29, 1.82) is 0 Å². The fourth-order valence-corrected chi connectivity index (χ4v) is 10.1. The number of pyridine rings is 1. The van der Waals surface area contributed by atoms with Gasteiger partial charge in [-0.15, -0.1) is 0 Å². The maximum Gasteiger partial charge on any atom is 0.269 e. The summed E-state index contributed by atoms with van der Waals surface area (Å²) in [6, 6.07) is 56.3. The summed E-state index contributed by atoms with van der Waals surface area (Å²) in [6.07, 6.45) is 4.07. The molecule has 0 amide bonds. The highest BCUT2D eigenvalue weighted by Gasteiger charge is 2.27. The summed E-state index contributed by atoms with van der Waals surface area (Å²) in [5, 5.41) is 2.14. The van der Waals surface area contributed by atoms with E-state index >= 15 is 0 Å². The van der Waals surface area contributed by atoms with Gasteiger partial charge in [0.2, 0.25) is 0 Å². The zero-order valence-electron chi connectivity index (χ0n) is 48.3. The highest BCUT2D eigenvalue weighted by atomic mass is 16.5. The van der Waals surface area contributed by atoms with Crippen molar-refractivity contribution in [3.05, 3.63) is 198 Å². The Hall–Kier alpha value is -7.24. The number of benzene rings is 7. The third-order valence-corrected chi connectivity index (χ3v) is 14.2. The minimum absolute atomic E-state index is 0.0724. The molecule has 0 bridgehead atoms. The number of hydrogen-bond donors (Lipinski definition) is 0. The largest absolute Gasteiger partial charge is 0.458 e. The van der Waals surface area contributed by atoms with E-state index in [-0.39, 0.29) is 21.7 Å². The molecule has 3 aromatic heterocycles. The molecule has 3 heterocycles. The number of hydrogen-bond acceptors (Lipinski definition) is 2. The summed E-state index contributed by atoms with van der Waals surface area (Å²) in [5.41, 5.74) is 15.4. The summed E-state index contributed by atoms with van der Waals surface area (Å²) in [4.78, 5) is 4.83. The predicted octanol–water partition coefficient (Wildman–Crippen LogP) is 18.1. The Morgan fingerprint density at radius 3 is 1.61 bits per heavy atom. The Morgan fingerprint density at radius 1 is 0.500 bits per heavy atom. The smallest absolute Gasteiger partial charge is 0.269 e. The number of para-hydroxylation sites is 4. The normalized spacial score (nSPS) is 13.4. The van der Waals surface area contributed by atoms with E-state index in [1.54, 1.807) is 12.3 Å². The first-order valence-electron chi connectivity index (χ1n) is 27.3. The zero-order valence-corrected chi connectivity index (χ0v) is 46.3. The quantitative estimate of drug-likeness (QED) is 0.112. The van der Waals surface area contributed by atoms with Gasteiger partial charge in [-0.05, 0) is 132 Å². The summed E-state index contributed by atoms with van der Waals surface area (Å²) >= 11 is 0. The third-order valence-electron chi connectivity index (χ3n) is 14.2.